The van der Waals surface area contributed by atoms with Crippen LogP contribution in [0.1, 0.15) is 30.0 Å². The zero-order valence-corrected chi connectivity index (χ0v) is 14.7. The van der Waals surface area contributed by atoms with E-state index in [9.17, 15) is 9.59 Å². The Morgan fingerprint density at radius 1 is 1.12 bits per heavy atom. The van der Waals surface area contributed by atoms with Gasteiger partial charge < -0.3 is 10.2 Å². The third-order valence-electron chi connectivity index (χ3n) is 3.98. The highest BCUT2D eigenvalue weighted by atomic mass is 16.2. The highest BCUT2D eigenvalue weighted by molar-refractivity contribution is 5.95. The number of benzene rings is 2. The van der Waals surface area contributed by atoms with E-state index in [1.54, 1.807) is 24.3 Å². The molecule has 0 aliphatic heterocycles. The van der Waals surface area contributed by atoms with Crippen molar-refractivity contribution in [1.82, 2.24) is 0 Å². The molecule has 0 spiro atoms. The topological polar surface area (TPSA) is 73.2 Å². The van der Waals surface area contributed by atoms with E-state index < -0.39 is 0 Å². The van der Waals surface area contributed by atoms with Crippen molar-refractivity contribution in [2.75, 3.05) is 16.8 Å². The van der Waals surface area contributed by atoms with Crippen LogP contribution in [0.3, 0.4) is 0 Å². The Kier molecular flexibility index (Phi) is 5.91. The van der Waals surface area contributed by atoms with Crippen molar-refractivity contribution in [3.05, 3.63) is 59.2 Å². The van der Waals surface area contributed by atoms with Crippen LogP contribution in [0.5, 0.6) is 0 Å². The highest BCUT2D eigenvalue weighted by Gasteiger charge is 2.15. The lowest BCUT2D eigenvalue weighted by Gasteiger charge is -2.21. The average molecular weight is 335 g/mol. The van der Waals surface area contributed by atoms with E-state index in [0.717, 1.165) is 16.8 Å². The molecule has 0 saturated carbocycles. The fraction of sp³-hybridized carbons (Fsp3) is 0.250. The van der Waals surface area contributed by atoms with Gasteiger partial charge in [0.2, 0.25) is 11.8 Å². The van der Waals surface area contributed by atoms with Gasteiger partial charge in [-0.25, -0.2) is 0 Å². The molecular weight excluding hydrogens is 314 g/mol. The van der Waals surface area contributed by atoms with Crippen molar-refractivity contribution >= 4 is 23.2 Å². The summed E-state index contributed by atoms with van der Waals surface area (Å²) in [4.78, 5) is 25.7. The summed E-state index contributed by atoms with van der Waals surface area (Å²) in [6.45, 7) is 5.58. The minimum atomic E-state index is -0.171. The van der Waals surface area contributed by atoms with Gasteiger partial charge in [-0.3, -0.25) is 9.59 Å². The third-order valence-corrected chi connectivity index (χ3v) is 3.98. The van der Waals surface area contributed by atoms with Crippen molar-refractivity contribution in [1.29, 1.82) is 5.26 Å². The first-order valence-electron chi connectivity index (χ1n) is 8.06. The van der Waals surface area contributed by atoms with Crippen molar-refractivity contribution in [3.8, 4) is 6.07 Å². The lowest BCUT2D eigenvalue weighted by atomic mass is 10.1. The second-order valence-corrected chi connectivity index (χ2v) is 5.90. The number of nitrogens with zero attached hydrogens (tertiary/aromatic N) is 2. The molecule has 5 heteroatoms. The van der Waals surface area contributed by atoms with Gasteiger partial charge in [-0.2, -0.15) is 5.26 Å². The van der Waals surface area contributed by atoms with Crippen LogP contribution in [0, 0.1) is 25.2 Å². The minimum absolute atomic E-state index is 0.153. The summed E-state index contributed by atoms with van der Waals surface area (Å²) in [5, 5.41) is 11.9. The fourth-order valence-corrected chi connectivity index (χ4v) is 2.64. The van der Waals surface area contributed by atoms with Crippen LogP contribution in [-0.4, -0.2) is 18.4 Å². The molecule has 0 bridgehead atoms. The Morgan fingerprint density at radius 2 is 1.76 bits per heavy atom. The van der Waals surface area contributed by atoms with E-state index in [1.165, 1.54) is 11.8 Å². The van der Waals surface area contributed by atoms with Crippen LogP contribution in [0.4, 0.5) is 11.4 Å². The first-order valence-corrected chi connectivity index (χ1v) is 8.06. The first kappa shape index (κ1) is 18.2. The van der Waals surface area contributed by atoms with E-state index in [2.05, 4.69) is 11.4 Å². The predicted octanol–water partition coefficient (Wildman–Crippen LogP) is 3.56. The lowest BCUT2D eigenvalue weighted by molar-refractivity contribution is -0.117. The maximum atomic E-state index is 12.3. The maximum absolute atomic E-state index is 12.3. The fourth-order valence-electron chi connectivity index (χ4n) is 2.64. The quantitative estimate of drug-likeness (QED) is 0.908. The number of hydrogen-bond acceptors (Lipinski definition) is 3. The second kappa shape index (κ2) is 8.11. The number of para-hydroxylation sites is 1. The van der Waals surface area contributed by atoms with Crippen LogP contribution in [-0.2, 0) is 9.59 Å². The third kappa shape index (κ3) is 4.67. The first-order chi connectivity index (χ1) is 11.9. The zero-order chi connectivity index (χ0) is 18.4. The second-order valence-electron chi connectivity index (χ2n) is 5.90. The van der Waals surface area contributed by atoms with Gasteiger partial charge in [0.15, 0.2) is 0 Å². The van der Waals surface area contributed by atoms with Crippen LogP contribution in [0.2, 0.25) is 0 Å². The Morgan fingerprint density at radius 3 is 2.36 bits per heavy atom. The number of carbonyl (C=O) groups excluding carboxylic acids is 2. The van der Waals surface area contributed by atoms with E-state index >= 15 is 0 Å². The molecule has 5 nitrogen and oxygen atoms in total. The smallest absolute Gasteiger partial charge is 0.226 e. The van der Waals surface area contributed by atoms with Gasteiger partial charge in [-0.05, 0) is 43.2 Å². The number of nitriles is 1. The molecule has 0 aliphatic rings. The van der Waals surface area contributed by atoms with Gasteiger partial charge >= 0.3 is 0 Å². The van der Waals surface area contributed by atoms with Crippen LogP contribution >= 0.6 is 0 Å². The molecule has 0 atom stereocenters. The molecule has 0 fully saturated rings. The number of rotatable bonds is 5. The molecule has 0 heterocycles. The van der Waals surface area contributed by atoms with E-state index in [4.69, 9.17) is 5.26 Å². The standard InChI is InChI=1S/C20H21N3O2/c1-14-6-4-7-15(2)20(14)22-19(25)10-11-23(16(3)24)18-9-5-8-17(12-18)13-21/h4-9,12H,10-11H2,1-3H3,(H,22,25). The summed E-state index contributed by atoms with van der Waals surface area (Å²) in [5.41, 5.74) is 3.90. The number of nitrogens with one attached hydrogen (secondary N) is 1. The summed E-state index contributed by atoms with van der Waals surface area (Å²) in [7, 11) is 0. The van der Waals surface area contributed by atoms with Crippen LogP contribution in [0.25, 0.3) is 0 Å². The average Bonchev–Trinajstić information content (AvgIpc) is 2.58. The Labute approximate surface area is 147 Å². The van der Waals surface area contributed by atoms with Crippen LogP contribution < -0.4 is 10.2 Å². The van der Waals surface area contributed by atoms with Gasteiger partial charge in [0.1, 0.15) is 0 Å². The Hall–Kier alpha value is -3.13. The predicted molar refractivity (Wildman–Crippen MR) is 98.3 cm³/mol. The number of carbonyl (C=O) groups is 2. The van der Waals surface area contributed by atoms with Gasteiger partial charge in [0.05, 0.1) is 11.6 Å². The molecule has 0 radical (unpaired) electrons. The van der Waals surface area contributed by atoms with E-state index in [1.807, 2.05) is 32.0 Å². The summed E-state index contributed by atoms with van der Waals surface area (Å²) < 4.78 is 0. The Balaban J connectivity index is 2.07. The number of hydrogen-bond donors (Lipinski definition) is 1. The van der Waals surface area contributed by atoms with Gasteiger partial charge in [0, 0.05) is 31.3 Å². The van der Waals surface area contributed by atoms with Crippen molar-refractivity contribution < 1.29 is 9.59 Å². The molecule has 2 aromatic rings. The Bertz CT molecular complexity index is 817. The largest absolute Gasteiger partial charge is 0.326 e. The monoisotopic (exact) mass is 335 g/mol. The zero-order valence-electron chi connectivity index (χ0n) is 14.7. The maximum Gasteiger partial charge on any atom is 0.226 e. The van der Waals surface area contributed by atoms with Crippen molar-refractivity contribution in [3.63, 3.8) is 0 Å². The summed E-state index contributed by atoms with van der Waals surface area (Å²) >= 11 is 0. The van der Waals surface area contributed by atoms with E-state index in [0.29, 0.717) is 11.3 Å². The molecule has 0 saturated heterocycles. The number of aryl methyl sites for hydroxylation is 2. The molecule has 2 aromatic carbocycles. The molecular formula is C20H21N3O2. The molecule has 1 N–H and O–H groups in total. The summed E-state index contributed by atoms with van der Waals surface area (Å²) in [6, 6.07) is 14.7. The number of amides is 2. The molecule has 0 aromatic heterocycles. The summed E-state index contributed by atoms with van der Waals surface area (Å²) in [6.07, 6.45) is 0.171. The van der Waals surface area contributed by atoms with E-state index in [-0.39, 0.29) is 24.8 Å². The molecule has 2 rings (SSSR count). The van der Waals surface area contributed by atoms with Gasteiger partial charge in [-0.1, -0.05) is 24.3 Å². The molecule has 2 amide bonds. The summed E-state index contributed by atoms with van der Waals surface area (Å²) in [5.74, 6) is -0.324. The minimum Gasteiger partial charge on any atom is -0.326 e. The highest BCUT2D eigenvalue weighted by Crippen LogP contribution is 2.20. The van der Waals surface area contributed by atoms with Crippen molar-refractivity contribution in [2.45, 2.75) is 27.2 Å². The molecule has 0 unspecified atom stereocenters. The normalized spacial score (nSPS) is 10.0. The van der Waals surface area contributed by atoms with Crippen LogP contribution in [0.15, 0.2) is 42.5 Å². The number of anilines is 2. The van der Waals surface area contributed by atoms with Crippen molar-refractivity contribution in [2.24, 2.45) is 0 Å². The molecule has 128 valence electrons. The lowest BCUT2D eigenvalue weighted by Crippen LogP contribution is -2.32. The van der Waals surface area contributed by atoms with Gasteiger partial charge in [-0.15, -0.1) is 0 Å². The van der Waals surface area contributed by atoms with Gasteiger partial charge in [0.25, 0.3) is 0 Å². The molecule has 0 aliphatic carbocycles. The SMILES string of the molecule is CC(=O)N(CCC(=O)Nc1c(C)cccc1C)c1cccc(C#N)c1. The molecule has 25 heavy (non-hydrogen) atoms.